The minimum Gasteiger partial charge on any atom is -0.481 e. The van der Waals surface area contributed by atoms with Crippen LogP contribution >= 0.6 is 0 Å². The first-order valence-electron chi connectivity index (χ1n) is 7.64. The van der Waals surface area contributed by atoms with E-state index in [1.807, 2.05) is 13.8 Å². The number of allylic oxidation sites excluding steroid dienone is 2. The van der Waals surface area contributed by atoms with Crippen LogP contribution in [0.5, 0.6) is 0 Å². The highest BCUT2D eigenvalue weighted by Crippen LogP contribution is 2.41. The first-order valence-corrected chi connectivity index (χ1v) is 7.64. The van der Waals surface area contributed by atoms with Gasteiger partial charge in [0, 0.05) is 17.9 Å². The van der Waals surface area contributed by atoms with Gasteiger partial charge in [-0.2, -0.15) is 0 Å². The predicted octanol–water partition coefficient (Wildman–Crippen LogP) is 3.45. The molecule has 0 spiro atoms. The summed E-state index contributed by atoms with van der Waals surface area (Å²) in [4.78, 5) is 31.9. The maximum absolute atomic E-state index is 11.3. The van der Waals surface area contributed by atoms with Crippen molar-refractivity contribution in [1.29, 1.82) is 0 Å². The van der Waals surface area contributed by atoms with E-state index in [4.69, 9.17) is 5.11 Å². The topological polar surface area (TPSA) is 91.7 Å². The molecule has 0 saturated carbocycles. The molecule has 22 heavy (non-hydrogen) atoms. The number of rotatable bonds is 7. The van der Waals surface area contributed by atoms with Gasteiger partial charge in [-0.1, -0.05) is 44.9 Å². The van der Waals surface area contributed by atoms with Gasteiger partial charge in [0.15, 0.2) is 0 Å². The van der Waals surface area contributed by atoms with Crippen molar-refractivity contribution in [3.05, 3.63) is 23.8 Å². The molecule has 0 saturated heterocycles. The lowest BCUT2D eigenvalue weighted by Gasteiger charge is -2.34. The quantitative estimate of drug-likeness (QED) is 0.703. The minimum absolute atomic E-state index is 0.200. The van der Waals surface area contributed by atoms with E-state index in [2.05, 4.69) is 0 Å². The van der Waals surface area contributed by atoms with Crippen molar-refractivity contribution in [2.45, 2.75) is 52.9 Å². The number of carboxylic acid groups (broad SMARTS) is 2. The Morgan fingerprint density at radius 3 is 2.27 bits per heavy atom. The zero-order valence-corrected chi connectivity index (χ0v) is 13.5. The Morgan fingerprint density at radius 1 is 1.27 bits per heavy atom. The fraction of sp³-hybridized carbons (Fsp3) is 0.588. The van der Waals surface area contributed by atoms with Crippen LogP contribution < -0.4 is 0 Å². The SMILES string of the molecule is CCCC=O.CCCCC1C(C(=O)O)=CC=CC1(C)C(=O)O. The molecule has 0 heterocycles. The highest BCUT2D eigenvalue weighted by Gasteiger charge is 2.43. The van der Waals surface area contributed by atoms with E-state index in [1.165, 1.54) is 12.2 Å². The highest BCUT2D eigenvalue weighted by molar-refractivity contribution is 5.91. The number of unbranched alkanes of at least 4 members (excludes halogenated alkanes) is 2. The standard InChI is InChI=1S/C13H18O4.C4H8O/c1-3-4-7-10-9(11(14)15)6-5-8-13(10,2)12(16)17;1-2-3-4-5/h5-6,8,10H,3-4,7H2,1-2H3,(H,14,15)(H,16,17);4H,2-3H2,1H3. The van der Waals surface area contributed by atoms with Crippen molar-refractivity contribution in [2.75, 3.05) is 0 Å². The molecule has 0 aromatic rings. The molecule has 0 aromatic heterocycles. The van der Waals surface area contributed by atoms with Crippen molar-refractivity contribution < 1.29 is 24.6 Å². The van der Waals surface area contributed by atoms with Gasteiger partial charge in [-0.3, -0.25) is 4.79 Å². The summed E-state index contributed by atoms with van der Waals surface area (Å²) in [5.74, 6) is -2.45. The van der Waals surface area contributed by atoms with Gasteiger partial charge in [0.2, 0.25) is 0 Å². The van der Waals surface area contributed by atoms with E-state index >= 15 is 0 Å². The Hall–Kier alpha value is -1.91. The van der Waals surface area contributed by atoms with Crippen molar-refractivity contribution in [3.8, 4) is 0 Å². The molecular formula is C17H26O5. The fourth-order valence-corrected chi connectivity index (χ4v) is 2.33. The molecule has 2 N–H and O–H groups in total. The molecule has 1 rings (SSSR count). The largest absolute Gasteiger partial charge is 0.481 e. The maximum atomic E-state index is 11.3. The van der Waals surface area contributed by atoms with Crippen molar-refractivity contribution >= 4 is 18.2 Å². The molecule has 0 bridgehead atoms. The predicted molar refractivity (Wildman–Crippen MR) is 84.6 cm³/mol. The van der Waals surface area contributed by atoms with Gasteiger partial charge >= 0.3 is 11.9 Å². The third-order valence-corrected chi connectivity index (χ3v) is 3.78. The maximum Gasteiger partial charge on any atom is 0.331 e. The zero-order chi connectivity index (χ0) is 17.2. The molecule has 2 unspecified atom stereocenters. The first kappa shape index (κ1) is 20.1. The highest BCUT2D eigenvalue weighted by atomic mass is 16.4. The summed E-state index contributed by atoms with van der Waals surface area (Å²) in [6.45, 7) is 5.57. The Morgan fingerprint density at radius 2 is 1.91 bits per heavy atom. The Kier molecular flexibility index (Phi) is 9.06. The van der Waals surface area contributed by atoms with Gasteiger partial charge in [0.25, 0.3) is 0 Å². The summed E-state index contributed by atoms with van der Waals surface area (Å²) in [5, 5.41) is 18.4. The third kappa shape index (κ3) is 5.47. The Balaban J connectivity index is 0.000000763. The Labute approximate surface area is 131 Å². The molecule has 0 aromatic carbocycles. The molecule has 0 radical (unpaired) electrons. The number of hydrogen-bond acceptors (Lipinski definition) is 3. The molecule has 5 nitrogen and oxygen atoms in total. The van der Waals surface area contributed by atoms with Crippen LogP contribution in [0, 0.1) is 11.3 Å². The monoisotopic (exact) mass is 310 g/mol. The average Bonchev–Trinajstić information content (AvgIpc) is 2.47. The van der Waals surface area contributed by atoms with E-state index < -0.39 is 23.3 Å². The van der Waals surface area contributed by atoms with Crippen LogP contribution in [0.1, 0.15) is 52.9 Å². The summed E-state index contributed by atoms with van der Waals surface area (Å²) < 4.78 is 0. The van der Waals surface area contributed by atoms with Gasteiger partial charge < -0.3 is 15.0 Å². The lowest BCUT2D eigenvalue weighted by molar-refractivity contribution is -0.148. The number of hydrogen-bond donors (Lipinski definition) is 2. The van der Waals surface area contributed by atoms with Crippen LogP contribution in [0.15, 0.2) is 23.8 Å². The molecule has 124 valence electrons. The van der Waals surface area contributed by atoms with Gasteiger partial charge in [-0.15, -0.1) is 0 Å². The third-order valence-electron chi connectivity index (χ3n) is 3.78. The Bertz CT molecular complexity index is 450. The minimum atomic E-state index is -1.11. The van der Waals surface area contributed by atoms with E-state index in [0.29, 0.717) is 12.8 Å². The number of carboxylic acids is 2. The van der Waals surface area contributed by atoms with Gasteiger partial charge in [-0.25, -0.2) is 4.79 Å². The number of aldehydes is 1. The zero-order valence-electron chi connectivity index (χ0n) is 13.5. The van der Waals surface area contributed by atoms with Crippen LogP contribution in [0.3, 0.4) is 0 Å². The molecule has 2 atom stereocenters. The second kappa shape index (κ2) is 9.92. The normalized spacial score (nSPS) is 23.0. The van der Waals surface area contributed by atoms with Crippen molar-refractivity contribution in [3.63, 3.8) is 0 Å². The van der Waals surface area contributed by atoms with Crippen LogP contribution in [0.25, 0.3) is 0 Å². The fourth-order valence-electron chi connectivity index (χ4n) is 2.33. The van der Waals surface area contributed by atoms with Crippen LogP contribution in [0.2, 0.25) is 0 Å². The molecular weight excluding hydrogens is 284 g/mol. The van der Waals surface area contributed by atoms with Crippen LogP contribution in [-0.4, -0.2) is 28.4 Å². The lowest BCUT2D eigenvalue weighted by Crippen LogP contribution is -2.38. The molecule has 0 amide bonds. The molecule has 1 aliphatic rings. The van der Waals surface area contributed by atoms with Gasteiger partial charge in [0.05, 0.1) is 5.41 Å². The molecule has 1 aliphatic carbocycles. The average molecular weight is 310 g/mol. The van der Waals surface area contributed by atoms with E-state index in [-0.39, 0.29) is 5.57 Å². The van der Waals surface area contributed by atoms with Gasteiger partial charge in [0.1, 0.15) is 6.29 Å². The van der Waals surface area contributed by atoms with Crippen molar-refractivity contribution in [2.24, 2.45) is 11.3 Å². The van der Waals surface area contributed by atoms with Gasteiger partial charge in [-0.05, 0) is 19.8 Å². The smallest absolute Gasteiger partial charge is 0.331 e. The van der Waals surface area contributed by atoms with Crippen LogP contribution in [-0.2, 0) is 14.4 Å². The molecule has 0 aliphatic heterocycles. The van der Waals surface area contributed by atoms with E-state index in [1.54, 1.807) is 13.0 Å². The number of aliphatic carboxylic acids is 2. The number of carbonyl (C=O) groups is 3. The molecule has 0 fully saturated rings. The first-order chi connectivity index (χ1) is 10.3. The number of carbonyl (C=O) groups excluding carboxylic acids is 1. The summed E-state index contributed by atoms with van der Waals surface area (Å²) >= 11 is 0. The second-order valence-corrected chi connectivity index (χ2v) is 5.52. The summed E-state index contributed by atoms with van der Waals surface area (Å²) in [5.41, 5.74) is -0.914. The second-order valence-electron chi connectivity index (χ2n) is 5.52. The van der Waals surface area contributed by atoms with Crippen molar-refractivity contribution in [1.82, 2.24) is 0 Å². The van der Waals surface area contributed by atoms with Crippen LogP contribution in [0.4, 0.5) is 0 Å². The lowest BCUT2D eigenvalue weighted by atomic mass is 9.68. The molecule has 5 heteroatoms. The van der Waals surface area contributed by atoms with E-state index in [9.17, 15) is 19.5 Å². The summed E-state index contributed by atoms with van der Waals surface area (Å²) in [7, 11) is 0. The summed E-state index contributed by atoms with van der Waals surface area (Å²) in [6.07, 6.45) is 9.57. The van der Waals surface area contributed by atoms with E-state index in [0.717, 1.165) is 25.5 Å². The summed E-state index contributed by atoms with van der Waals surface area (Å²) in [6, 6.07) is 0.